The smallest absolute Gasteiger partial charge is 0.545 e. The van der Waals surface area contributed by atoms with Gasteiger partial charge in [-0.1, -0.05) is 70.4 Å². The van der Waals surface area contributed by atoms with Gasteiger partial charge in [-0.3, -0.25) is 4.79 Å². The quantitative estimate of drug-likeness (QED) is 0.245. The molecule has 1 aromatic carbocycles. The zero-order valence-corrected chi connectivity index (χ0v) is 17.0. The Hall–Kier alpha value is -0.840. The molecule has 0 atom stereocenters. The van der Waals surface area contributed by atoms with E-state index < -0.39 is 5.97 Å². The first-order chi connectivity index (χ1) is 11.1. The van der Waals surface area contributed by atoms with E-state index in [1.807, 2.05) is 0 Å². The SMILES string of the molecule is CCCCCCCCCCCC(=O)Oc1ccccc1C(=O)[O-].[Na+]. The van der Waals surface area contributed by atoms with Crippen LogP contribution in [0, 0.1) is 0 Å². The van der Waals surface area contributed by atoms with Crippen molar-refractivity contribution in [3.63, 3.8) is 0 Å². The van der Waals surface area contributed by atoms with Crippen LogP contribution in [0.3, 0.4) is 0 Å². The predicted molar refractivity (Wildman–Crippen MR) is 88.3 cm³/mol. The summed E-state index contributed by atoms with van der Waals surface area (Å²) in [6, 6.07) is 6.05. The minimum Gasteiger partial charge on any atom is -0.545 e. The number of benzene rings is 1. The number of esters is 1. The Balaban J connectivity index is 0.00000529. The standard InChI is InChI=1S/C19H28O4.Na/c1-2-3-4-5-6-7-8-9-10-15-18(20)23-17-14-12-11-13-16(17)19(21)22;/h11-14H,2-10,15H2,1H3,(H,21,22);/q;+1/p-1. The Morgan fingerprint density at radius 2 is 1.46 bits per heavy atom. The van der Waals surface area contributed by atoms with Gasteiger partial charge in [0.25, 0.3) is 0 Å². The number of ether oxygens (including phenoxy) is 1. The fourth-order valence-electron chi connectivity index (χ4n) is 2.48. The average molecular weight is 342 g/mol. The second-order valence-electron chi connectivity index (χ2n) is 5.84. The van der Waals surface area contributed by atoms with Crippen molar-refractivity contribution in [1.29, 1.82) is 0 Å². The van der Waals surface area contributed by atoms with Crippen LogP contribution in [-0.2, 0) is 4.79 Å². The number of carbonyl (C=O) groups excluding carboxylic acids is 2. The van der Waals surface area contributed by atoms with E-state index in [1.165, 1.54) is 50.7 Å². The molecule has 0 aromatic heterocycles. The minimum absolute atomic E-state index is 0. The Bertz CT molecular complexity index is 488. The van der Waals surface area contributed by atoms with Gasteiger partial charge in [0.05, 0.1) is 5.97 Å². The van der Waals surface area contributed by atoms with Gasteiger partial charge in [0.2, 0.25) is 0 Å². The van der Waals surface area contributed by atoms with E-state index in [2.05, 4.69) is 6.92 Å². The summed E-state index contributed by atoms with van der Waals surface area (Å²) in [4.78, 5) is 22.7. The van der Waals surface area contributed by atoms with Gasteiger partial charge in [-0.2, -0.15) is 0 Å². The topological polar surface area (TPSA) is 66.4 Å². The number of rotatable bonds is 12. The van der Waals surface area contributed by atoms with Crippen LogP contribution in [0.1, 0.15) is 81.5 Å². The molecule has 128 valence electrons. The van der Waals surface area contributed by atoms with Crippen molar-refractivity contribution in [2.75, 3.05) is 0 Å². The number of aromatic carboxylic acids is 1. The molecule has 0 aliphatic heterocycles. The van der Waals surface area contributed by atoms with Crippen molar-refractivity contribution in [3.8, 4) is 5.75 Å². The van der Waals surface area contributed by atoms with Crippen LogP contribution in [0.2, 0.25) is 0 Å². The van der Waals surface area contributed by atoms with E-state index in [0.29, 0.717) is 6.42 Å². The molecule has 0 bridgehead atoms. The maximum absolute atomic E-state index is 11.8. The van der Waals surface area contributed by atoms with E-state index in [1.54, 1.807) is 12.1 Å². The molecule has 4 nitrogen and oxygen atoms in total. The van der Waals surface area contributed by atoms with Gasteiger partial charge in [0.15, 0.2) is 0 Å². The summed E-state index contributed by atoms with van der Waals surface area (Å²) in [5, 5.41) is 10.9. The molecule has 1 aromatic rings. The van der Waals surface area contributed by atoms with Crippen LogP contribution in [0.25, 0.3) is 0 Å². The third-order valence-electron chi connectivity index (χ3n) is 3.82. The van der Waals surface area contributed by atoms with Crippen LogP contribution >= 0.6 is 0 Å². The van der Waals surface area contributed by atoms with Crippen LogP contribution < -0.4 is 39.4 Å². The van der Waals surface area contributed by atoms with Crippen molar-refractivity contribution in [2.45, 2.75) is 71.1 Å². The van der Waals surface area contributed by atoms with Gasteiger partial charge in [0.1, 0.15) is 5.75 Å². The Morgan fingerprint density at radius 1 is 0.917 bits per heavy atom. The van der Waals surface area contributed by atoms with Crippen LogP contribution in [0.15, 0.2) is 24.3 Å². The number of para-hydroxylation sites is 1. The zero-order valence-electron chi connectivity index (χ0n) is 15.0. The molecule has 0 amide bonds. The molecule has 0 saturated heterocycles. The normalized spacial score (nSPS) is 10.0. The summed E-state index contributed by atoms with van der Waals surface area (Å²) in [7, 11) is 0. The van der Waals surface area contributed by atoms with E-state index in [0.717, 1.165) is 19.3 Å². The predicted octanol–water partition coefficient (Wildman–Crippen LogP) is 0.880. The number of unbranched alkanes of at least 4 members (excludes halogenated alkanes) is 8. The third kappa shape index (κ3) is 10.1. The van der Waals surface area contributed by atoms with Gasteiger partial charge in [0, 0.05) is 12.0 Å². The van der Waals surface area contributed by atoms with Gasteiger partial charge < -0.3 is 14.6 Å². The number of carboxylic acids is 1. The van der Waals surface area contributed by atoms with E-state index in [4.69, 9.17) is 4.74 Å². The molecule has 24 heavy (non-hydrogen) atoms. The van der Waals surface area contributed by atoms with Crippen LogP contribution in [0.4, 0.5) is 0 Å². The van der Waals surface area contributed by atoms with Gasteiger partial charge >= 0.3 is 35.5 Å². The second kappa shape index (κ2) is 14.5. The van der Waals surface area contributed by atoms with Crippen molar-refractivity contribution in [1.82, 2.24) is 0 Å². The zero-order chi connectivity index (χ0) is 16.9. The molecule has 0 aliphatic rings. The molecular formula is C19H27NaO4. The van der Waals surface area contributed by atoms with Crippen LogP contribution in [-0.4, -0.2) is 11.9 Å². The summed E-state index contributed by atoms with van der Waals surface area (Å²) in [6.45, 7) is 2.21. The van der Waals surface area contributed by atoms with Crippen molar-refractivity contribution < 1.29 is 49.0 Å². The van der Waals surface area contributed by atoms with E-state index in [-0.39, 0.29) is 46.8 Å². The van der Waals surface area contributed by atoms with Gasteiger partial charge in [-0.05, 0) is 18.6 Å². The molecule has 0 radical (unpaired) electrons. The molecule has 0 aliphatic carbocycles. The minimum atomic E-state index is -1.34. The maximum atomic E-state index is 11.8. The first-order valence-corrected chi connectivity index (χ1v) is 8.66. The molecule has 0 N–H and O–H groups in total. The van der Waals surface area contributed by atoms with Crippen molar-refractivity contribution in [2.24, 2.45) is 0 Å². The maximum Gasteiger partial charge on any atom is 1.00 e. The first-order valence-electron chi connectivity index (χ1n) is 8.66. The Morgan fingerprint density at radius 3 is 2.04 bits per heavy atom. The number of carbonyl (C=O) groups is 2. The largest absolute Gasteiger partial charge is 1.00 e. The fourth-order valence-corrected chi connectivity index (χ4v) is 2.48. The molecule has 5 heteroatoms. The Labute approximate surface area is 167 Å². The molecule has 0 saturated carbocycles. The van der Waals surface area contributed by atoms with Crippen molar-refractivity contribution in [3.05, 3.63) is 29.8 Å². The summed E-state index contributed by atoms with van der Waals surface area (Å²) in [5.41, 5.74) is -0.0899. The number of hydrogen-bond donors (Lipinski definition) is 0. The summed E-state index contributed by atoms with van der Waals surface area (Å²) < 4.78 is 5.12. The third-order valence-corrected chi connectivity index (χ3v) is 3.82. The fraction of sp³-hybridized carbons (Fsp3) is 0.579. The average Bonchev–Trinajstić information content (AvgIpc) is 2.53. The van der Waals surface area contributed by atoms with Gasteiger partial charge in [-0.25, -0.2) is 0 Å². The Kier molecular flexibility index (Phi) is 14.0. The molecule has 1 rings (SSSR count). The summed E-state index contributed by atoms with van der Waals surface area (Å²) >= 11 is 0. The molecule has 0 unspecified atom stereocenters. The number of hydrogen-bond acceptors (Lipinski definition) is 4. The molecule has 0 fully saturated rings. The molecular weight excluding hydrogens is 315 g/mol. The molecule has 0 spiro atoms. The molecule has 0 heterocycles. The van der Waals surface area contributed by atoms with Crippen molar-refractivity contribution >= 4 is 11.9 Å². The summed E-state index contributed by atoms with van der Waals surface area (Å²) in [5.74, 6) is -1.66. The van der Waals surface area contributed by atoms with Gasteiger partial charge in [-0.15, -0.1) is 0 Å². The van der Waals surface area contributed by atoms with E-state index >= 15 is 0 Å². The summed E-state index contributed by atoms with van der Waals surface area (Å²) in [6.07, 6.45) is 10.9. The first kappa shape index (κ1) is 23.2. The second-order valence-corrected chi connectivity index (χ2v) is 5.84. The van der Waals surface area contributed by atoms with E-state index in [9.17, 15) is 14.7 Å². The number of carboxylic acid groups (broad SMARTS) is 1. The monoisotopic (exact) mass is 342 g/mol. The van der Waals surface area contributed by atoms with Crippen LogP contribution in [0.5, 0.6) is 5.75 Å².